The van der Waals surface area contributed by atoms with Crippen LogP contribution in [-0.4, -0.2) is 17.7 Å². The highest BCUT2D eigenvalue weighted by atomic mass is 15.1. The van der Waals surface area contributed by atoms with Crippen LogP contribution in [0.15, 0.2) is 6.07 Å². The third-order valence-corrected chi connectivity index (χ3v) is 4.06. The van der Waals surface area contributed by atoms with Crippen LogP contribution in [0.25, 0.3) is 0 Å². The minimum atomic E-state index is 0.645. The quantitative estimate of drug-likeness (QED) is 0.757. The molecular formula is C13H21N3. The van der Waals surface area contributed by atoms with Crippen molar-refractivity contribution in [2.45, 2.75) is 44.6 Å². The molecule has 2 aliphatic rings. The predicted molar refractivity (Wildman–Crippen MR) is 66.6 cm³/mol. The third-order valence-electron chi connectivity index (χ3n) is 4.06. The minimum absolute atomic E-state index is 0.645. The maximum atomic E-state index is 6.29. The highest BCUT2D eigenvalue weighted by Gasteiger charge is 2.23. The van der Waals surface area contributed by atoms with E-state index in [0.29, 0.717) is 5.92 Å². The first-order valence-electron chi connectivity index (χ1n) is 6.55. The van der Waals surface area contributed by atoms with Crippen molar-refractivity contribution in [1.29, 1.82) is 0 Å². The molecule has 0 saturated carbocycles. The lowest BCUT2D eigenvalue weighted by atomic mass is 9.93. The lowest BCUT2D eigenvalue weighted by molar-refractivity contribution is 0.462. The number of nitrogens with one attached hydrogen (secondary N) is 1. The van der Waals surface area contributed by atoms with E-state index in [0.717, 1.165) is 18.9 Å². The van der Waals surface area contributed by atoms with E-state index in [2.05, 4.69) is 16.0 Å². The number of hydrogen-bond donors (Lipinski definition) is 2. The molecule has 3 rings (SSSR count). The average Bonchev–Trinajstić information content (AvgIpc) is 2.69. The molecule has 0 spiro atoms. The second kappa shape index (κ2) is 4.13. The van der Waals surface area contributed by atoms with Gasteiger partial charge in [-0.15, -0.1) is 0 Å². The summed E-state index contributed by atoms with van der Waals surface area (Å²) in [5.74, 6) is 1.69. The second-order valence-corrected chi connectivity index (χ2v) is 5.13. The molecule has 1 saturated heterocycles. The summed E-state index contributed by atoms with van der Waals surface area (Å²) in [5.41, 5.74) is 9.16. The lowest BCUT2D eigenvalue weighted by Crippen LogP contribution is -2.28. The van der Waals surface area contributed by atoms with E-state index in [1.54, 1.807) is 0 Å². The molecule has 0 bridgehead atoms. The van der Waals surface area contributed by atoms with E-state index in [4.69, 9.17) is 5.73 Å². The zero-order valence-corrected chi connectivity index (χ0v) is 9.84. The van der Waals surface area contributed by atoms with Crippen LogP contribution in [0.1, 0.15) is 42.9 Å². The summed E-state index contributed by atoms with van der Waals surface area (Å²) < 4.78 is 2.34. The first-order valence-corrected chi connectivity index (χ1v) is 6.55. The van der Waals surface area contributed by atoms with E-state index >= 15 is 0 Å². The number of piperidine rings is 1. The summed E-state index contributed by atoms with van der Waals surface area (Å²) in [6.45, 7) is 3.40. The zero-order valence-electron chi connectivity index (χ0n) is 9.84. The maximum Gasteiger partial charge on any atom is 0.107 e. The van der Waals surface area contributed by atoms with Crippen LogP contribution in [0.3, 0.4) is 0 Å². The molecule has 3 heterocycles. The Morgan fingerprint density at radius 2 is 2.25 bits per heavy atom. The number of nitrogens with two attached hydrogens (primary N) is 1. The summed E-state index contributed by atoms with van der Waals surface area (Å²) in [6.07, 6.45) is 6.40. The summed E-state index contributed by atoms with van der Waals surface area (Å²) >= 11 is 0. The number of rotatable bonds is 1. The van der Waals surface area contributed by atoms with E-state index in [1.165, 1.54) is 49.9 Å². The van der Waals surface area contributed by atoms with Crippen molar-refractivity contribution in [2.75, 3.05) is 18.8 Å². The molecular weight excluding hydrogens is 198 g/mol. The standard InChI is InChI=1S/C13H21N3/c14-13-12(10-4-3-6-15-9-10)8-11-5-1-2-7-16(11)13/h8,10,15H,1-7,9,14H2/t10-/m1/s1. The minimum Gasteiger partial charge on any atom is -0.385 e. The van der Waals surface area contributed by atoms with E-state index in [-0.39, 0.29) is 0 Å². The molecule has 2 aliphatic heterocycles. The summed E-state index contributed by atoms with van der Waals surface area (Å²) in [7, 11) is 0. The van der Waals surface area contributed by atoms with Gasteiger partial charge in [-0.05, 0) is 50.3 Å². The molecule has 1 aromatic heterocycles. The number of nitrogens with zero attached hydrogens (tertiary/aromatic N) is 1. The van der Waals surface area contributed by atoms with Crippen molar-refractivity contribution in [3.05, 3.63) is 17.3 Å². The zero-order chi connectivity index (χ0) is 11.0. The predicted octanol–water partition coefficient (Wildman–Crippen LogP) is 1.87. The van der Waals surface area contributed by atoms with Crippen LogP contribution in [-0.2, 0) is 13.0 Å². The highest BCUT2D eigenvalue weighted by Crippen LogP contribution is 2.33. The number of aromatic nitrogens is 1. The Labute approximate surface area is 97.0 Å². The van der Waals surface area contributed by atoms with Crippen molar-refractivity contribution in [1.82, 2.24) is 9.88 Å². The normalized spacial score (nSPS) is 25.4. The molecule has 3 nitrogen and oxygen atoms in total. The fourth-order valence-electron chi connectivity index (χ4n) is 3.13. The molecule has 1 fully saturated rings. The summed E-state index contributed by atoms with van der Waals surface area (Å²) in [4.78, 5) is 0. The summed E-state index contributed by atoms with van der Waals surface area (Å²) in [5, 5.41) is 3.48. The number of anilines is 1. The van der Waals surface area contributed by atoms with Gasteiger partial charge in [0.25, 0.3) is 0 Å². The monoisotopic (exact) mass is 219 g/mol. The smallest absolute Gasteiger partial charge is 0.107 e. The average molecular weight is 219 g/mol. The van der Waals surface area contributed by atoms with Crippen LogP contribution in [0.2, 0.25) is 0 Å². The molecule has 0 aliphatic carbocycles. The van der Waals surface area contributed by atoms with Crippen LogP contribution in [0, 0.1) is 0 Å². The molecule has 3 N–H and O–H groups in total. The lowest BCUT2D eigenvalue weighted by Gasteiger charge is -2.23. The van der Waals surface area contributed by atoms with E-state index in [9.17, 15) is 0 Å². The van der Waals surface area contributed by atoms with Crippen molar-refractivity contribution < 1.29 is 0 Å². The molecule has 0 aromatic carbocycles. The van der Waals surface area contributed by atoms with Crippen LogP contribution in [0.4, 0.5) is 5.82 Å². The van der Waals surface area contributed by atoms with Gasteiger partial charge < -0.3 is 15.6 Å². The molecule has 3 heteroatoms. The molecule has 0 radical (unpaired) electrons. The number of hydrogen-bond acceptors (Lipinski definition) is 2. The Balaban J connectivity index is 1.91. The van der Waals surface area contributed by atoms with Gasteiger partial charge in [-0.1, -0.05) is 0 Å². The highest BCUT2D eigenvalue weighted by molar-refractivity contribution is 5.48. The fourth-order valence-corrected chi connectivity index (χ4v) is 3.13. The molecule has 16 heavy (non-hydrogen) atoms. The Kier molecular flexibility index (Phi) is 2.64. The Bertz CT molecular complexity index is 375. The van der Waals surface area contributed by atoms with E-state index < -0.39 is 0 Å². The van der Waals surface area contributed by atoms with Gasteiger partial charge in [0.15, 0.2) is 0 Å². The van der Waals surface area contributed by atoms with Gasteiger partial charge in [0, 0.05) is 24.7 Å². The van der Waals surface area contributed by atoms with Crippen molar-refractivity contribution >= 4 is 5.82 Å². The van der Waals surface area contributed by atoms with Gasteiger partial charge in [-0.3, -0.25) is 0 Å². The third kappa shape index (κ3) is 1.63. The number of nitrogen functional groups attached to an aromatic ring is 1. The van der Waals surface area contributed by atoms with Crippen LogP contribution >= 0.6 is 0 Å². The maximum absolute atomic E-state index is 6.29. The Morgan fingerprint density at radius 1 is 1.31 bits per heavy atom. The van der Waals surface area contributed by atoms with Gasteiger partial charge in [0.2, 0.25) is 0 Å². The SMILES string of the molecule is Nc1c([C@@H]2CCCNC2)cc2n1CCCC2. The topological polar surface area (TPSA) is 43.0 Å². The molecule has 0 amide bonds. The fraction of sp³-hybridized carbons (Fsp3) is 0.692. The molecule has 1 atom stereocenters. The van der Waals surface area contributed by atoms with Crippen LogP contribution < -0.4 is 11.1 Å². The second-order valence-electron chi connectivity index (χ2n) is 5.13. The molecule has 88 valence electrons. The number of aryl methyl sites for hydroxylation is 1. The van der Waals surface area contributed by atoms with Gasteiger partial charge in [0.05, 0.1) is 0 Å². The van der Waals surface area contributed by atoms with Crippen molar-refractivity contribution in [3.63, 3.8) is 0 Å². The van der Waals surface area contributed by atoms with Crippen molar-refractivity contribution in [2.24, 2.45) is 0 Å². The van der Waals surface area contributed by atoms with E-state index in [1.807, 2.05) is 0 Å². The van der Waals surface area contributed by atoms with Gasteiger partial charge in [0.1, 0.15) is 5.82 Å². The van der Waals surface area contributed by atoms with Gasteiger partial charge >= 0.3 is 0 Å². The Hall–Kier alpha value is -0.960. The van der Waals surface area contributed by atoms with Crippen LogP contribution in [0.5, 0.6) is 0 Å². The summed E-state index contributed by atoms with van der Waals surface area (Å²) in [6, 6.07) is 2.37. The Morgan fingerprint density at radius 3 is 3.00 bits per heavy atom. The first-order chi connectivity index (χ1) is 7.86. The largest absolute Gasteiger partial charge is 0.385 e. The first kappa shape index (κ1) is 10.2. The van der Waals surface area contributed by atoms with Gasteiger partial charge in [-0.2, -0.15) is 0 Å². The number of fused-ring (bicyclic) bond motifs is 1. The molecule has 1 aromatic rings. The molecule has 0 unspecified atom stereocenters. The van der Waals surface area contributed by atoms with Gasteiger partial charge in [-0.25, -0.2) is 0 Å². The van der Waals surface area contributed by atoms with Crippen molar-refractivity contribution in [3.8, 4) is 0 Å².